The molecule has 32 heavy (non-hydrogen) atoms. The molecule has 3 aliphatic heterocycles. The number of nitrogens with one attached hydrogen (secondary N) is 1. The van der Waals surface area contributed by atoms with Crippen molar-refractivity contribution in [1.29, 1.82) is 0 Å². The Morgan fingerprint density at radius 2 is 2.09 bits per heavy atom. The van der Waals surface area contributed by atoms with Gasteiger partial charge in [0.2, 0.25) is 5.91 Å². The van der Waals surface area contributed by atoms with Crippen molar-refractivity contribution in [2.45, 2.75) is 18.9 Å². The summed E-state index contributed by atoms with van der Waals surface area (Å²) in [6, 6.07) is 7.07. The van der Waals surface area contributed by atoms with Crippen LogP contribution in [-0.2, 0) is 14.3 Å². The van der Waals surface area contributed by atoms with Gasteiger partial charge in [-0.2, -0.15) is 0 Å². The van der Waals surface area contributed by atoms with E-state index in [1.54, 1.807) is 24.4 Å². The van der Waals surface area contributed by atoms with Crippen molar-refractivity contribution in [3.8, 4) is 17.1 Å². The normalized spacial score (nSPS) is 21.1. The van der Waals surface area contributed by atoms with Gasteiger partial charge >= 0.3 is 0 Å². The van der Waals surface area contributed by atoms with Gasteiger partial charge in [-0.05, 0) is 30.9 Å². The molecule has 1 aromatic heterocycles. The standard InChI is InChI=1S/C23H29N5O4/c29-19-3-1-2-17(10-19)22-25-12-20-23(26-22)28-6-9-32-15-18(28)13-27(20)14-21(30)24-11-16-4-7-31-8-5-16/h1-3,10,12,16,18,29H,4-9,11,13-15H2,(H,24,30)/t18-/m1/s1. The quantitative estimate of drug-likeness (QED) is 0.722. The zero-order chi connectivity index (χ0) is 21.9. The van der Waals surface area contributed by atoms with Gasteiger partial charge in [0.15, 0.2) is 11.6 Å². The number of amides is 1. The Morgan fingerprint density at radius 3 is 2.94 bits per heavy atom. The third-order valence-electron chi connectivity index (χ3n) is 6.39. The molecule has 170 valence electrons. The van der Waals surface area contributed by atoms with Crippen molar-refractivity contribution in [2.24, 2.45) is 5.92 Å². The maximum Gasteiger partial charge on any atom is 0.239 e. The maximum absolute atomic E-state index is 12.8. The molecule has 4 heterocycles. The van der Waals surface area contributed by atoms with Gasteiger partial charge in [0.1, 0.15) is 5.75 Å². The molecule has 2 saturated heterocycles. The predicted molar refractivity (Wildman–Crippen MR) is 120 cm³/mol. The van der Waals surface area contributed by atoms with Crippen LogP contribution in [0, 0.1) is 5.92 Å². The Bertz CT molecular complexity index is 965. The van der Waals surface area contributed by atoms with E-state index in [4.69, 9.17) is 14.5 Å². The molecule has 3 aliphatic rings. The largest absolute Gasteiger partial charge is 0.508 e. The van der Waals surface area contributed by atoms with Crippen LogP contribution in [0.4, 0.5) is 11.5 Å². The van der Waals surface area contributed by atoms with Crippen LogP contribution in [0.3, 0.4) is 0 Å². The van der Waals surface area contributed by atoms with Crippen molar-refractivity contribution < 1.29 is 19.4 Å². The van der Waals surface area contributed by atoms with Crippen molar-refractivity contribution in [1.82, 2.24) is 15.3 Å². The second-order valence-corrected chi connectivity index (χ2v) is 8.62. The van der Waals surface area contributed by atoms with Gasteiger partial charge in [0.05, 0.1) is 37.7 Å². The Hall–Kier alpha value is -2.91. The Balaban J connectivity index is 1.36. The van der Waals surface area contributed by atoms with Crippen LogP contribution in [0.5, 0.6) is 5.75 Å². The van der Waals surface area contributed by atoms with E-state index >= 15 is 0 Å². The first-order valence-corrected chi connectivity index (χ1v) is 11.3. The molecule has 1 amide bonds. The maximum atomic E-state index is 12.8. The summed E-state index contributed by atoms with van der Waals surface area (Å²) in [5.41, 5.74) is 1.61. The van der Waals surface area contributed by atoms with Gasteiger partial charge in [-0.1, -0.05) is 12.1 Å². The minimum atomic E-state index is 0.00433. The van der Waals surface area contributed by atoms with Crippen LogP contribution in [-0.4, -0.2) is 79.6 Å². The Labute approximate surface area is 187 Å². The molecule has 1 atom stereocenters. The van der Waals surface area contributed by atoms with E-state index in [2.05, 4.69) is 20.1 Å². The molecule has 9 nitrogen and oxygen atoms in total. The number of phenolic OH excluding ortho intramolecular Hbond substituents is 1. The van der Waals surface area contributed by atoms with Gasteiger partial charge < -0.3 is 29.7 Å². The number of anilines is 2. The first-order valence-electron chi connectivity index (χ1n) is 11.3. The monoisotopic (exact) mass is 439 g/mol. The van der Waals surface area contributed by atoms with Gasteiger partial charge in [-0.25, -0.2) is 9.97 Å². The summed E-state index contributed by atoms with van der Waals surface area (Å²) in [7, 11) is 0. The van der Waals surface area contributed by atoms with Crippen molar-refractivity contribution >= 4 is 17.4 Å². The molecule has 9 heteroatoms. The van der Waals surface area contributed by atoms with Crippen LogP contribution in [0.2, 0.25) is 0 Å². The number of morpholine rings is 1. The van der Waals surface area contributed by atoms with Crippen molar-refractivity contribution in [2.75, 3.05) is 62.4 Å². The molecule has 1 aromatic carbocycles. The highest BCUT2D eigenvalue weighted by molar-refractivity contribution is 5.84. The lowest BCUT2D eigenvalue weighted by Crippen LogP contribution is -2.57. The number of ether oxygens (including phenoxy) is 2. The average Bonchev–Trinajstić information content (AvgIpc) is 2.83. The number of hydrogen-bond donors (Lipinski definition) is 2. The van der Waals surface area contributed by atoms with Crippen LogP contribution in [0.1, 0.15) is 12.8 Å². The van der Waals surface area contributed by atoms with Crippen LogP contribution in [0.15, 0.2) is 30.5 Å². The van der Waals surface area contributed by atoms with Gasteiger partial charge in [0, 0.05) is 38.4 Å². The Morgan fingerprint density at radius 1 is 1.22 bits per heavy atom. The summed E-state index contributed by atoms with van der Waals surface area (Å²) in [6.45, 7) is 5.18. The molecular formula is C23H29N5O4. The van der Waals surface area contributed by atoms with Gasteiger partial charge in [-0.15, -0.1) is 0 Å². The lowest BCUT2D eigenvalue weighted by molar-refractivity contribution is -0.120. The Kier molecular flexibility index (Phi) is 6.09. The van der Waals surface area contributed by atoms with Gasteiger partial charge in [-0.3, -0.25) is 4.79 Å². The SMILES string of the molecule is O=C(CN1C[C@@H]2COCCN2c2nc(-c3cccc(O)c3)ncc21)NCC1CCOCC1. The smallest absolute Gasteiger partial charge is 0.239 e. The van der Waals surface area contributed by atoms with Crippen molar-refractivity contribution in [3.63, 3.8) is 0 Å². The van der Waals surface area contributed by atoms with Crippen molar-refractivity contribution in [3.05, 3.63) is 30.5 Å². The third-order valence-corrected chi connectivity index (χ3v) is 6.39. The van der Waals surface area contributed by atoms with Crippen LogP contribution < -0.4 is 15.1 Å². The minimum Gasteiger partial charge on any atom is -0.508 e. The number of aromatic nitrogens is 2. The lowest BCUT2D eigenvalue weighted by atomic mass is 10.0. The number of benzene rings is 1. The number of aromatic hydroxyl groups is 1. The zero-order valence-corrected chi connectivity index (χ0v) is 18.1. The summed E-state index contributed by atoms with van der Waals surface area (Å²) < 4.78 is 11.1. The summed E-state index contributed by atoms with van der Waals surface area (Å²) in [5.74, 6) is 2.03. The van der Waals surface area contributed by atoms with Gasteiger partial charge in [0.25, 0.3) is 0 Å². The molecule has 2 fully saturated rings. The average molecular weight is 440 g/mol. The molecule has 0 aliphatic carbocycles. The second kappa shape index (κ2) is 9.30. The number of hydrogen-bond acceptors (Lipinski definition) is 8. The van der Waals surface area contributed by atoms with E-state index in [0.29, 0.717) is 38.0 Å². The number of fused-ring (bicyclic) bond motifs is 3. The number of phenols is 1. The molecule has 0 bridgehead atoms. The fourth-order valence-electron chi connectivity index (χ4n) is 4.61. The molecule has 0 saturated carbocycles. The first-order chi connectivity index (χ1) is 15.7. The molecular weight excluding hydrogens is 410 g/mol. The van der Waals surface area contributed by atoms with E-state index < -0.39 is 0 Å². The fraction of sp³-hybridized carbons (Fsp3) is 0.522. The summed E-state index contributed by atoms with van der Waals surface area (Å²) in [5, 5.41) is 12.9. The van der Waals surface area contributed by atoms with E-state index in [-0.39, 0.29) is 24.2 Å². The predicted octanol–water partition coefficient (Wildman–Crippen LogP) is 1.42. The number of rotatable bonds is 5. The second-order valence-electron chi connectivity index (χ2n) is 8.62. The fourth-order valence-corrected chi connectivity index (χ4v) is 4.61. The minimum absolute atomic E-state index is 0.00433. The summed E-state index contributed by atoms with van der Waals surface area (Å²) in [6.07, 6.45) is 3.78. The molecule has 0 radical (unpaired) electrons. The lowest BCUT2D eigenvalue weighted by Gasteiger charge is -2.45. The highest BCUT2D eigenvalue weighted by atomic mass is 16.5. The van der Waals surface area contributed by atoms with Crippen LogP contribution in [0.25, 0.3) is 11.4 Å². The zero-order valence-electron chi connectivity index (χ0n) is 18.1. The highest BCUT2D eigenvalue weighted by Crippen LogP contribution is 2.36. The summed E-state index contributed by atoms with van der Waals surface area (Å²) >= 11 is 0. The van der Waals surface area contributed by atoms with E-state index in [1.807, 2.05) is 6.07 Å². The number of carbonyl (C=O) groups excluding carboxylic acids is 1. The van der Waals surface area contributed by atoms with E-state index in [1.165, 1.54) is 0 Å². The van der Waals surface area contributed by atoms with E-state index in [9.17, 15) is 9.90 Å². The topological polar surface area (TPSA) is 100 Å². The summed E-state index contributed by atoms with van der Waals surface area (Å²) in [4.78, 5) is 26.5. The third kappa shape index (κ3) is 4.49. The van der Waals surface area contributed by atoms with Crippen LogP contribution >= 0.6 is 0 Å². The molecule has 2 aromatic rings. The molecule has 0 spiro atoms. The first kappa shape index (κ1) is 21.0. The highest BCUT2D eigenvalue weighted by Gasteiger charge is 2.35. The molecule has 5 rings (SSSR count). The number of nitrogens with zero attached hydrogens (tertiary/aromatic N) is 4. The molecule has 2 N–H and O–H groups in total. The van der Waals surface area contributed by atoms with E-state index in [0.717, 1.165) is 49.7 Å². The number of carbonyl (C=O) groups is 1. The molecule has 0 unspecified atom stereocenters.